The van der Waals surface area contributed by atoms with E-state index in [2.05, 4.69) is 10.6 Å². The highest BCUT2D eigenvalue weighted by molar-refractivity contribution is 7.21. The van der Waals surface area contributed by atoms with Gasteiger partial charge in [-0.15, -0.1) is 11.3 Å². The van der Waals surface area contributed by atoms with Crippen molar-refractivity contribution in [3.63, 3.8) is 0 Å². The van der Waals surface area contributed by atoms with Crippen LogP contribution in [0, 0.1) is 5.82 Å². The Bertz CT molecular complexity index is 957. The monoisotopic (exact) mass is 386 g/mol. The van der Waals surface area contributed by atoms with Crippen LogP contribution >= 0.6 is 11.3 Å². The van der Waals surface area contributed by atoms with E-state index in [-0.39, 0.29) is 30.8 Å². The molecule has 3 rings (SSSR count). The summed E-state index contributed by atoms with van der Waals surface area (Å²) >= 11 is 1.23. The van der Waals surface area contributed by atoms with E-state index in [1.807, 2.05) is 6.07 Å². The fourth-order valence-electron chi connectivity index (χ4n) is 2.76. The van der Waals surface area contributed by atoms with Gasteiger partial charge in [0, 0.05) is 41.4 Å². The Morgan fingerprint density at radius 2 is 1.70 bits per heavy atom. The number of thiophene rings is 1. The largest absolute Gasteiger partial charge is 0.380 e. The Balaban J connectivity index is 1.63. The Morgan fingerprint density at radius 3 is 2.41 bits per heavy atom. The predicted molar refractivity (Wildman–Crippen MR) is 104 cm³/mol. The van der Waals surface area contributed by atoms with Crippen LogP contribution in [0.2, 0.25) is 0 Å². The van der Waals surface area contributed by atoms with Crippen LogP contribution in [0.25, 0.3) is 10.1 Å². The highest BCUT2D eigenvalue weighted by atomic mass is 32.1. The minimum atomic E-state index is -0.370. The molecular weight excluding hydrogens is 367 g/mol. The number of nitrogens with one attached hydrogen (secondary N) is 2. The van der Waals surface area contributed by atoms with Gasteiger partial charge < -0.3 is 15.4 Å². The van der Waals surface area contributed by atoms with E-state index in [0.717, 1.165) is 0 Å². The van der Waals surface area contributed by atoms with Crippen molar-refractivity contribution in [1.29, 1.82) is 0 Å². The van der Waals surface area contributed by atoms with E-state index in [4.69, 9.17) is 4.74 Å². The van der Waals surface area contributed by atoms with Gasteiger partial charge in [0.25, 0.3) is 11.8 Å². The van der Waals surface area contributed by atoms with Crippen LogP contribution in [0.3, 0.4) is 0 Å². The summed E-state index contributed by atoms with van der Waals surface area (Å²) in [6, 6.07) is 13.6. The van der Waals surface area contributed by atoms with Crippen LogP contribution in [0.1, 0.15) is 25.6 Å². The first-order valence-electron chi connectivity index (χ1n) is 8.42. The third kappa shape index (κ3) is 4.32. The number of hydrogen-bond donors (Lipinski definition) is 2. The molecule has 5 nitrogen and oxygen atoms in total. The van der Waals surface area contributed by atoms with Crippen molar-refractivity contribution in [3.8, 4) is 0 Å². The first kappa shape index (κ1) is 19.0. The summed E-state index contributed by atoms with van der Waals surface area (Å²) in [7, 11) is 1.51. The summed E-state index contributed by atoms with van der Waals surface area (Å²) in [6.45, 7) is 0.702. The average molecular weight is 386 g/mol. The molecule has 0 spiro atoms. The molecule has 0 aliphatic carbocycles. The van der Waals surface area contributed by atoms with Gasteiger partial charge >= 0.3 is 0 Å². The van der Waals surface area contributed by atoms with Gasteiger partial charge in [-0.05, 0) is 24.3 Å². The molecule has 0 saturated carbocycles. The lowest BCUT2D eigenvalue weighted by atomic mass is 10.1. The van der Waals surface area contributed by atoms with Crippen molar-refractivity contribution in [2.45, 2.75) is 6.61 Å². The highest BCUT2D eigenvalue weighted by Crippen LogP contribution is 2.33. The number of hydrogen-bond acceptors (Lipinski definition) is 4. The summed E-state index contributed by atoms with van der Waals surface area (Å²) in [5.41, 5.74) is 1.10. The van der Waals surface area contributed by atoms with Crippen molar-refractivity contribution >= 4 is 33.2 Å². The molecule has 2 aromatic carbocycles. The SMILES string of the molecule is COCc1c(C(=O)NCCNC(=O)c2ccccc2)sc2cccc(F)c12. The van der Waals surface area contributed by atoms with E-state index >= 15 is 0 Å². The van der Waals surface area contributed by atoms with Crippen LogP contribution in [-0.2, 0) is 11.3 Å². The van der Waals surface area contributed by atoms with Crippen molar-refractivity contribution in [3.05, 3.63) is 70.4 Å². The Morgan fingerprint density at radius 1 is 1.00 bits per heavy atom. The van der Waals surface area contributed by atoms with Gasteiger partial charge in [0.05, 0.1) is 11.5 Å². The van der Waals surface area contributed by atoms with Gasteiger partial charge in [0.1, 0.15) is 5.82 Å². The lowest BCUT2D eigenvalue weighted by molar-refractivity contribution is 0.0927. The normalized spacial score (nSPS) is 10.7. The van der Waals surface area contributed by atoms with E-state index in [1.165, 1.54) is 24.5 Å². The quantitative estimate of drug-likeness (QED) is 0.612. The maximum absolute atomic E-state index is 14.2. The standard InChI is InChI=1S/C20H19FN2O3S/c1-26-12-14-17-15(21)8-5-9-16(17)27-18(14)20(25)23-11-10-22-19(24)13-6-3-2-4-7-13/h2-9H,10-12H2,1H3,(H,22,24)(H,23,25). The third-order valence-corrected chi connectivity index (χ3v) is 5.19. The number of ether oxygens (including phenoxy) is 1. The molecule has 3 aromatic rings. The zero-order valence-corrected chi connectivity index (χ0v) is 15.6. The summed E-state index contributed by atoms with van der Waals surface area (Å²) in [5.74, 6) is -0.879. The Kier molecular flexibility index (Phi) is 6.16. The van der Waals surface area contributed by atoms with Gasteiger partial charge in [-0.2, -0.15) is 0 Å². The zero-order valence-electron chi connectivity index (χ0n) is 14.8. The van der Waals surface area contributed by atoms with E-state index in [1.54, 1.807) is 36.4 Å². The smallest absolute Gasteiger partial charge is 0.261 e. The van der Waals surface area contributed by atoms with Gasteiger partial charge in [0.15, 0.2) is 0 Å². The van der Waals surface area contributed by atoms with Crippen LogP contribution in [-0.4, -0.2) is 32.0 Å². The van der Waals surface area contributed by atoms with Gasteiger partial charge in [-0.1, -0.05) is 24.3 Å². The molecule has 140 valence electrons. The number of benzene rings is 2. The molecule has 7 heteroatoms. The lowest BCUT2D eigenvalue weighted by Gasteiger charge is -2.08. The molecule has 2 N–H and O–H groups in total. The molecule has 2 amide bonds. The topological polar surface area (TPSA) is 67.4 Å². The molecule has 0 aliphatic rings. The molecule has 0 bridgehead atoms. The number of amides is 2. The molecule has 0 atom stereocenters. The van der Waals surface area contributed by atoms with E-state index in [0.29, 0.717) is 32.6 Å². The van der Waals surface area contributed by atoms with Crippen LogP contribution in [0.5, 0.6) is 0 Å². The fraction of sp³-hybridized carbons (Fsp3) is 0.200. The number of carbonyl (C=O) groups excluding carboxylic acids is 2. The number of rotatable bonds is 7. The molecule has 0 fully saturated rings. The van der Waals surface area contributed by atoms with E-state index < -0.39 is 0 Å². The average Bonchev–Trinajstić information content (AvgIpc) is 3.06. The van der Waals surface area contributed by atoms with E-state index in [9.17, 15) is 14.0 Å². The molecule has 0 radical (unpaired) electrons. The van der Waals surface area contributed by atoms with Crippen LogP contribution in [0.15, 0.2) is 48.5 Å². The molecular formula is C20H19FN2O3S. The van der Waals surface area contributed by atoms with Crippen LogP contribution < -0.4 is 10.6 Å². The molecule has 1 heterocycles. The predicted octanol–water partition coefficient (Wildman–Crippen LogP) is 3.35. The number of halogens is 1. The van der Waals surface area contributed by atoms with Crippen molar-refractivity contribution in [2.75, 3.05) is 20.2 Å². The van der Waals surface area contributed by atoms with Gasteiger partial charge in [0.2, 0.25) is 0 Å². The first-order chi connectivity index (χ1) is 13.1. The molecule has 27 heavy (non-hydrogen) atoms. The maximum atomic E-state index is 14.2. The second-order valence-corrected chi connectivity index (χ2v) is 6.89. The second-order valence-electron chi connectivity index (χ2n) is 5.83. The lowest BCUT2D eigenvalue weighted by Crippen LogP contribution is -2.34. The van der Waals surface area contributed by atoms with Crippen molar-refractivity contribution < 1.29 is 18.7 Å². The zero-order chi connectivity index (χ0) is 19.2. The first-order valence-corrected chi connectivity index (χ1v) is 9.23. The van der Waals surface area contributed by atoms with Crippen molar-refractivity contribution in [2.24, 2.45) is 0 Å². The summed E-state index contributed by atoms with van der Waals surface area (Å²) < 4.78 is 20.0. The van der Waals surface area contributed by atoms with Gasteiger partial charge in [-0.25, -0.2) is 4.39 Å². The van der Waals surface area contributed by atoms with Crippen molar-refractivity contribution in [1.82, 2.24) is 10.6 Å². The number of fused-ring (bicyclic) bond motifs is 1. The van der Waals surface area contributed by atoms with Crippen LogP contribution in [0.4, 0.5) is 4.39 Å². The molecule has 0 unspecified atom stereocenters. The summed E-state index contributed by atoms with van der Waals surface area (Å²) in [4.78, 5) is 24.9. The third-order valence-electron chi connectivity index (χ3n) is 3.99. The summed E-state index contributed by atoms with van der Waals surface area (Å²) in [6.07, 6.45) is 0. The second kappa shape index (κ2) is 8.75. The number of carbonyl (C=O) groups is 2. The molecule has 0 aliphatic heterocycles. The Labute approximate surface area is 160 Å². The fourth-order valence-corrected chi connectivity index (χ4v) is 3.90. The maximum Gasteiger partial charge on any atom is 0.261 e. The number of methoxy groups -OCH3 is 1. The van der Waals surface area contributed by atoms with Gasteiger partial charge in [-0.3, -0.25) is 9.59 Å². The molecule has 0 saturated heterocycles. The highest BCUT2D eigenvalue weighted by Gasteiger charge is 2.20. The minimum Gasteiger partial charge on any atom is -0.380 e. The molecule has 1 aromatic heterocycles. The Hall–Kier alpha value is -2.77. The summed E-state index contributed by atoms with van der Waals surface area (Å²) in [5, 5.41) is 5.93. The minimum absolute atomic E-state index is 0.147.